The predicted molar refractivity (Wildman–Crippen MR) is 123 cm³/mol. The van der Waals surface area contributed by atoms with Crippen LogP contribution in [0.2, 0.25) is 0 Å². The summed E-state index contributed by atoms with van der Waals surface area (Å²) in [5.41, 5.74) is 9.71. The van der Waals surface area contributed by atoms with E-state index in [1.54, 1.807) is 0 Å². The molecule has 4 heteroatoms. The quantitative estimate of drug-likeness (QED) is 0.302. The minimum atomic E-state index is 0.952. The van der Waals surface area contributed by atoms with Crippen molar-refractivity contribution in [2.45, 2.75) is 20.4 Å². The third-order valence-corrected chi connectivity index (χ3v) is 5.36. The van der Waals surface area contributed by atoms with Crippen LogP contribution in [0.25, 0.3) is 32.7 Å². The van der Waals surface area contributed by atoms with Crippen molar-refractivity contribution in [2.24, 2.45) is 5.10 Å². The number of fused-ring (bicyclic) bond motifs is 4. The Hall–Kier alpha value is -3.66. The van der Waals surface area contributed by atoms with E-state index in [1.807, 2.05) is 37.4 Å². The molecule has 5 aromatic rings. The highest BCUT2D eigenvalue weighted by Gasteiger charge is 2.09. The van der Waals surface area contributed by atoms with E-state index >= 15 is 0 Å². The number of nitrogens with zero attached hydrogens (tertiary/aromatic N) is 3. The Kier molecular flexibility index (Phi) is 4.24. The molecule has 0 aliphatic carbocycles. The van der Waals surface area contributed by atoms with E-state index in [1.165, 1.54) is 21.8 Å². The standard InChI is InChI=1S/C25H22N4/c1-3-29-24-11-7-5-8-19(24)21-15-18(12-13-25(21)29)16-26-28-23-14-17(2)27-22-10-6-4-9-20(22)23/h4-16H,3H2,1-2H3,(H,27,28). The summed E-state index contributed by atoms with van der Waals surface area (Å²) in [7, 11) is 0. The first kappa shape index (κ1) is 17.4. The van der Waals surface area contributed by atoms with Crippen LogP contribution < -0.4 is 5.43 Å². The number of rotatable bonds is 4. The van der Waals surface area contributed by atoms with Gasteiger partial charge in [-0.15, -0.1) is 0 Å². The Morgan fingerprint density at radius 1 is 0.897 bits per heavy atom. The number of anilines is 1. The molecular formula is C25H22N4. The zero-order valence-corrected chi connectivity index (χ0v) is 16.6. The van der Waals surface area contributed by atoms with Gasteiger partial charge in [0.25, 0.3) is 0 Å². The van der Waals surface area contributed by atoms with Crippen LogP contribution in [0.1, 0.15) is 18.2 Å². The number of hydrogen-bond donors (Lipinski definition) is 1. The molecular weight excluding hydrogens is 356 g/mol. The van der Waals surface area contributed by atoms with Crippen LogP contribution in [-0.4, -0.2) is 15.8 Å². The molecule has 3 aromatic carbocycles. The molecule has 0 amide bonds. The summed E-state index contributed by atoms with van der Waals surface area (Å²) in [6.07, 6.45) is 1.88. The number of nitrogens with one attached hydrogen (secondary N) is 1. The number of hydrazone groups is 1. The van der Waals surface area contributed by atoms with Crippen LogP contribution in [0, 0.1) is 6.92 Å². The van der Waals surface area contributed by atoms with Crippen LogP contribution in [0.15, 0.2) is 77.9 Å². The Bertz CT molecular complexity index is 1380. The fourth-order valence-electron chi connectivity index (χ4n) is 4.07. The van der Waals surface area contributed by atoms with Gasteiger partial charge in [-0.2, -0.15) is 5.10 Å². The maximum atomic E-state index is 4.58. The maximum absolute atomic E-state index is 4.58. The molecule has 29 heavy (non-hydrogen) atoms. The first-order valence-electron chi connectivity index (χ1n) is 9.91. The fraction of sp³-hybridized carbons (Fsp3) is 0.120. The average molecular weight is 378 g/mol. The van der Waals surface area contributed by atoms with Crippen molar-refractivity contribution >= 4 is 44.6 Å². The molecule has 2 heterocycles. The first-order chi connectivity index (χ1) is 14.2. The van der Waals surface area contributed by atoms with Crippen molar-refractivity contribution in [3.63, 3.8) is 0 Å². The molecule has 0 radical (unpaired) electrons. The van der Waals surface area contributed by atoms with Crippen molar-refractivity contribution in [1.82, 2.24) is 9.55 Å². The van der Waals surface area contributed by atoms with Crippen LogP contribution in [0.5, 0.6) is 0 Å². The summed E-state index contributed by atoms with van der Waals surface area (Å²) in [5, 5.41) is 8.12. The van der Waals surface area contributed by atoms with Gasteiger partial charge in [0.15, 0.2) is 0 Å². The molecule has 0 spiro atoms. The molecule has 0 aliphatic rings. The van der Waals surface area contributed by atoms with Crippen LogP contribution >= 0.6 is 0 Å². The molecule has 0 saturated heterocycles. The second kappa shape index (κ2) is 7.06. The lowest BCUT2D eigenvalue weighted by Gasteiger charge is -2.07. The normalized spacial score (nSPS) is 11.8. The lowest BCUT2D eigenvalue weighted by molar-refractivity contribution is 0.827. The van der Waals surface area contributed by atoms with E-state index in [0.717, 1.165) is 34.4 Å². The third-order valence-electron chi connectivity index (χ3n) is 5.36. The smallest absolute Gasteiger partial charge is 0.0726 e. The van der Waals surface area contributed by atoms with Gasteiger partial charge in [0.1, 0.15) is 0 Å². The molecule has 0 saturated carbocycles. The van der Waals surface area contributed by atoms with E-state index in [-0.39, 0.29) is 0 Å². The molecule has 0 bridgehead atoms. The average Bonchev–Trinajstić information content (AvgIpc) is 3.06. The number of aromatic nitrogens is 2. The third kappa shape index (κ3) is 3.03. The Morgan fingerprint density at radius 3 is 2.52 bits per heavy atom. The predicted octanol–water partition coefficient (Wildman–Crippen LogP) is 6.12. The van der Waals surface area contributed by atoms with Gasteiger partial charge >= 0.3 is 0 Å². The topological polar surface area (TPSA) is 42.2 Å². The SMILES string of the molecule is CCn1c2ccccc2c2cc(C=NNc3cc(C)nc4ccccc34)ccc21. The van der Waals surface area contributed by atoms with Crippen molar-refractivity contribution in [3.05, 3.63) is 84.1 Å². The highest BCUT2D eigenvalue weighted by Crippen LogP contribution is 2.29. The summed E-state index contributed by atoms with van der Waals surface area (Å²) in [6, 6.07) is 25.2. The molecule has 0 aliphatic heterocycles. The van der Waals surface area contributed by atoms with Gasteiger partial charge in [-0.3, -0.25) is 10.4 Å². The minimum absolute atomic E-state index is 0.952. The van der Waals surface area contributed by atoms with Gasteiger partial charge in [0.05, 0.1) is 17.4 Å². The van der Waals surface area contributed by atoms with Crippen molar-refractivity contribution in [3.8, 4) is 0 Å². The molecule has 142 valence electrons. The van der Waals surface area contributed by atoms with E-state index in [0.29, 0.717) is 0 Å². The molecule has 0 fully saturated rings. The number of para-hydroxylation sites is 2. The lowest BCUT2D eigenvalue weighted by atomic mass is 10.1. The molecule has 4 nitrogen and oxygen atoms in total. The first-order valence-corrected chi connectivity index (χ1v) is 9.91. The van der Waals surface area contributed by atoms with Crippen molar-refractivity contribution in [2.75, 3.05) is 5.43 Å². The van der Waals surface area contributed by atoms with E-state index in [9.17, 15) is 0 Å². The van der Waals surface area contributed by atoms with E-state index in [4.69, 9.17) is 0 Å². The van der Waals surface area contributed by atoms with E-state index in [2.05, 4.69) is 75.5 Å². The molecule has 5 rings (SSSR count). The monoisotopic (exact) mass is 378 g/mol. The van der Waals surface area contributed by atoms with Gasteiger partial charge in [0.2, 0.25) is 0 Å². The van der Waals surface area contributed by atoms with Crippen molar-refractivity contribution < 1.29 is 0 Å². The largest absolute Gasteiger partial charge is 0.341 e. The number of benzene rings is 3. The second-order valence-corrected chi connectivity index (χ2v) is 7.24. The summed E-state index contributed by atoms with van der Waals surface area (Å²) in [6.45, 7) is 5.14. The Labute approximate surface area is 169 Å². The van der Waals surface area contributed by atoms with Gasteiger partial charge in [-0.25, -0.2) is 0 Å². The van der Waals surface area contributed by atoms with Crippen molar-refractivity contribution in [1.29, 1.82) is 0 Å². The summed E-state index contributed by atoms with van der Waals surface area (Å²) >= 11 is 0. The maximum Gasteiger partial charge on any atom is 0.0726 e. The number of pyridine rings is 1. The molecule has 0 unspecified atom stereocenters. The Balaban J connectivity index is 1.51. The second-order valence-electron chi connectivity index (χ2n) is 7.24. The highest BCUT2D eigenvalue weighted by atomic mass is 15.3. The molecule has 2 aromatic heterocycles. The number of aryl methyl sites for hydroxylation is 2. The van der Waals surface area contributed by atoms with Gasteiger partial charge in [0, 0.05) is 39.4 Å². The van der Waals surface area contributed by atoms with Crippen LogP contribution in [-0.2, 0) is 6.54 Å². The fourth-order valence-corrected chi connectivity index (χ4v) is 4.07. The zero-order chi connectivity index (χ0) is 19.8. The van der Waals surface area contributed by atoms with Gasteiger partial charge in [-0.1, -0.05) is 42.5 Å². The van der Waals surface area contributed by atoms with Gasteiger partial charge in [-0.05, 0) is 49.7 Å². The minimum Gasteiger partial charge on any atom is -0.341 e. The number of hydrogen-bond acceptors (Lipinski definition) is 3. The highest BCUT2D eigenvalue weighted by molar-refractivity contribution is 6.09. The van der Waals surface area contributed by atoms with Crippen LogP contribution in [0.4, 0.5) is 5.69 Å². The lowest BCUT2D eigenvalue weighted by Crippen LogP contribution is -1.95. The van der Waals surface area contributed by atoms with E-state index < -0.39 is 0 Å². The summed E-state index contributed by atoms with van der Waals surface area (Å²) in [5.74, 6) is 0. The Morgan fingerprint density at radius 2 is 1.66 bits per heavy atom. The van der Waals surface area contributed by atoms with Crippen LogP contribution in [0.3, 0.4) is 0 Å². The summed E-state index contributed by atoms with van der Waals surface area (Å²) in [4.78, 5) is 4.58. The van der Waals surface area contributed by atoms with Gasteiger partial charge < -0.3 is 4.57 Å². The molecule has 1 N–H and O–H groups in total. The zero-order valence-electron chi connectivity index (χ0n) is 16.6. The molecule has 0 atom stereocenters. The summed E-state index contributed by atoms with van der Waals surface area (Å²) < 4.78 is 2.36.